The number of aromatic nitrogens is 1. The zero-order chi connectivity index (χ0) is 15.3. The second-order valence-electron chi connectivity index (χ2n) is 6.04. The van der Waals surface area contributed by atoms with Gasteiger partial charge in [-0.25, -0.2) is 4.98 Å². The maximum Gasteiger partial charge on any atom is 0.254 e. The van der Waals surface area contributed by atoms with Crippen LogP contribution in [0.2, 0.25) is 0 Å². The molecule has 114 valence electrons. The highest BCUT2D eigenvalue weighted by molar-refractivity contribution is 7.13. The van der Waals surface area contributed by atoms with Gasteiger partial charge in [-0.3, -0.25) is 4.79 Å². The molecule has 4 rings (SSSR count). The molecule has 4 N–H and O–H groups in total. The van der Waals surface area contributed by atoms with Crippen molar-refractivity contribution in [2.45, 2.75) is 12.5 Å². The third-order valence-corrected chi connectivity index (χ3v) is 5.43. The summed E-state index contributed by atoms with van der Waals surface area (Å²) in [4.78, 5) is 19.3. The van der Waals surface area contributed by atoms with Crippen LogP contribution in [0.3, 0.4) is 0 Å². The Morgan fingerprint density at radius 3 is 2.95 bits per heavy atom. The van der Waals surface area contributed by atoms with E-state index in [2.05, 4.69) is 4.98 Å². The zero-order valence-electron chi connectivity index (χ0n) is 12.1. The van der Waals surface area contributed by atoms with Crippen LogP contribution in [-0.2, 0) is 0 Å². The number of fused-ring (bicyclic) bond motifs is 1. The summed E-state index contributed by atoms with van der Waals surface area (Å²) >= 11 is 1.39. The van der Waals surface area contributed by atoms with Crippen molar-refractivity contribution in [3.8, 4) is 11.3 Å². The largest absolute Gasteiger partial charge is 0.375 e. The number of thiazole rings is 1. The van der Waals surface area contributed by atoms with E-state index in [9.17, 15) is 4.79 Å². The first-order valence-electron chi connectivity index (χ1n) is 7.50. The van der Waals surface area contributed by atoms with Gasteiger partial charge in [0.25, 0.3) is 5.91 Å². The number of carbonyl (C=O) groups excluding carboxylic acids is 1. The highest BCUT2D eigenvalue weighted by atomic mass is 32.1. The number of nitrogen functional groups attached to an aromatic ring is 1. The number of piperidine rings is 1. The van der Waals surface area contributed by atoms with Crippen molar-refractivity contribution in [1.29, 1.82) is 0 Å². The van der Waals surface area contributed by atoms with E-state index in [1.165, 1.54) is 17.8 Å². The molecule has 3 atom stereocenters. The average molecular weight is 314 g/mol. The van der Waals surface area contributed by atoms with E-state index < -0.39 is 0 Å². The molecular formula is C16H18N4OS. The summed E-state index contributed by atoms with van der Waals surface area (Å²) in [7, 11) is 0. The highest BCUT2D eigenvalue weighted by Crippen LogP contribution is 2.49. The van der Waals surface area contributed by atoms with Crippen LogP contribution in [-0.4, -0.2) is 34.9 Å². The van der Waals surface area contributed by atoms with Crippen LogP contribution in [0, 0.1) is 11.8 Å². The fraction of sp³-hybridized carbons (Fsp3) is 0.375. The van der Waals surface area contributed by atoms with Crippen molar-refractivity contribution in [3.63, 3.8) is 0 Å². The van der Waals surface area contributed by atoms with Crippen LogP contribution < -0.4 is 11.5 Å². The molecule has 2 aliphatic rings. The Morgan fingerprint density at radius 1 is 1.41 bits per heavy atom. The molecule has 1 aliphatic carbocycles. The van der Waals surface area contributed by atoms with Crippen LogP contribution in [0.4, 0.5) is 5.13 Å². The molecule has 1 saturated carbocycles. The lowest BCUT2D eigenvalue weighted by molar-refractivity contribution is 0.0713. The molecule has 1 saturated heterocycles. The predicted molar refractivity (Wildman–Crippen MR) is 87.4 cm³/mol. The minimum absolute atomic E-state index is 0.0600. The van der Waals surface area contributed by atoms with Crippen molar-refractivity contribution in [1.82, 2.24) is 9.88 Å². The molecule has 22 heavy (non-hydrogen) atoms. The summed E-state index contributed by atoms with van der Waals surface area (Å²) in [6, 6.07) is 7.79. The lowest BCUT2D eigenvalue weighted by Gasteiger charge is -2.27. The molecule has 1 aromatic heterocycles. The van der Waals surface area contributed by atoms with Crippen molar-refractivity contribution in [2.24, 2.45) is 17.6 Å². The first kappa shape index (κ1) is 13.7. The SMILES string of the molecule is NC[C@@H]1[C@@H]2C[C@@H]2CN1C(=O)c1ccccc1-c1csc(N)n1. The van der Waals surface area contributed by atoms with E-state index in [4.69, 9.17) is 11.5 Å². The topological polar surface area (TPSA) is 85.2 Å². The third-order valence-electron chi connectivity index (χ3n) is 4.76. The molecule has 0 unspecified atom stereocenters. The number of amides is 1. The Morgan fingerprint density at radius 2 is 2.23 bits per heavy atom. The molecule has 0 spiro atoms. The number of nitrogens with zero attached hydrogens (tertiary/aromatic N) is 2. The first-order chi connectivity index (χ1) is 10.7. The maximum absolute atomic E-state index is 13.0. The quantitative estimate of drug-likeness (QED) is 0.905. The minimum Gasteiger partial charge on any atom is -0.375 e. The molecule has 5 nitrogen and oxygen atoms in total. The lowest BCUT2D eigenvalue weighted by atomic mass is 10.0. The minimum atomic E-state index is 0.0600. The number of hydrogen-bond donors (Lipinski definition) is 2. The smallest absolute Gasteiger partial charge is 0.254 e. The van der Waals surface area contributed by atoms with E-state index in [0.29, 0.717) is 29.1 Å². The first-order valence-corrected chi connectivity index (χ1v) is 8.38. The molecule has 2 fully saturated rings. The van der Waals surface area contributed by atoms with E-state index in [-0.39, 0.29) is 11.9 Å². The molecule has 0 radical (unpaired) electrons. The number of carbonyl (C=O) groups is 1. The van der Waals surface area contributed by atoms with Crippen LogP contribution >= 0.6 is 11.3 Å². The third kappa shape index (κ3) is 2.10. The fourth-order valence-electron chi connectivity index (χ4n) is 3.57. The standard InChI is InChI=1S/C16H18N4OS/c17-6-14-12-5-9(12)7-20(14)15(21)11-4-2-1-3-10(11)13-8-22-16(18)19-13/h1-4,8-9,12,14H,5-7,17H2,(H2,18,19)/t9-,12-,14-/m1/s1. The second kappa shape index (κ2) is 5.07. The van der Waals surface area contributed by atoms with Crippen molar-refractivity contribution in [3.05, 3.63) is 35.2 Å². The Labute approximate surface area is 132 Å². The van der Waals surface area contributed by atoms with Gasteiger partial charge in [0.2, 0.25) is 0 Å². The zero-order valence-corrected chi connectivity index (χ0v) is 12.9. The van der Waals surface area contributed by atoms with Gasteiger partial charge in [-0.1, -0.05) is 18.2 Å². The van der Waals surface area contributed by atoms with Gasteiger partial charge in [0.1, 0.15) is 0 Å². The molecule has 2 aromatic rings. The summed E-state index contributed by atoms with van der Waals surface area (Å²) in [5.41, 5.74) is 13.9. The number of anilines is 1. The Bertz CT molecular complexity index is 728. The van der Waals surface area contributed by atoms with Crippen molar-refractivity contribution >= 4 is 22.4 Å². The monoisotopic (exact) mass is 314 g/mol. The number of nitrogens with two attached hydrogens (primary N) is 2. The normalized spacial score (nSPS) is 26.0. The maximum atomic E-state index is 13.0. The van der Waals surface area contributed by atoms with Gasteiger partial charge in [-0.15, -0.1) is 11.3 Å². The molecule has 1 aromatic carbocycles. The number of hydrogen-bond acceptors (Lipinski definition) is 5. The van der Waals surface area contributed by atoms with Crippen molar-refractivity contribution < 1.29 is 4.79 Å². The van der Waals surface area contributed by atoms with Crippen LogP contribution in [0.15, 0.2) is 29.6 Å². The van der Waals surface area contributed by atoms with E-state index in [0.717, 1.165) is 17.8 Å². The Balaban J connectivity index is 1.69. The Hall–Kier alpha value is -1.92. The molecule has 6 heteroatoms. The van der Waals surface area contributed by atoms with Gasteiger partial charge in [-0.2, -0.15) is 0 Å². The number of benzene rings is 1. The van der Waals surface area contributed by atoms with Crippen molar-refractivity contribution in [2.75, 3.05) is 18.8 Å². The van der Waals surface area contributed by atoms with Crippen LogP contribution in [0.5, 0.6) is 0 Å². The van der Waals surface area contributed by atoms with Crippen LogP contribution in [0.1, 0.15) is 16.8 Å². The molecule has 1 amide bonds. The molecule has 1 aliphatic heterocycles. The van der Waals surface area contributed by atoms with Gasteiger partial charge in [-0.05, 0) is 24.3 Å². The number of likely N-dealkylation sites (tertiary alicyclic amines) is 1. The number of rotatable bonds is 3. The summed E-state index contributed by atoms with van der Waals surface area (Å²) in [5.74, 6) is 1.32. The van der Waals surface area contributed by atoms with Crippen LogP contribution in [0.25, 0.3) is 11.3 Å². The predicted octanol–water partition coefficient (Wildman–Crippen LogP) is 1.81. The van der Waals surface area contributed by atoms with E-state index in [1.807, 2.05) is 34.5 Å². The molecule has 2 heterocycles. The highest BCUT2D eigenvalue weighted by Gasteiger charge is 2.53. The van der Waals surface area contributed by atoms with Gasteiger partial charge in [0.05, 0.1) is 5.69 Å². The van der Waals surface area contributed by atoms with Gasteiger partial charge in [0, 0.05) is 35.6 Å². The second-order valence-corrected chi connectivity index (χ2v) is 6.93. The van der Waals surface area contributed by atoms with Gasteiger partial charge < -0.3 is 16.4 Å². The summed E-state index contributed by atoms with van der Waals surface area (Å²) in [6.07, 6.45) is 1.22. The molecular weight excluding hydrogens is 296 g/mol. The Kier molecular flexibility index (Phi) is 3.16. The summed E-state index contributed by atoms with van der Waals surface area (Å²) in [6.45, 7) is 1.37. The van der Waals surface area contributed by atoms with Gasteiger partial charge >= 0.3 is 0 Å². The summed E-state index contributed by atoms with van der Waals surface area (Å²) < 4.78 is 0. The van der Waals surface area contributed by atoms with E-state index >= 15 is 0 Å². The summed E-state index contributed by atoms with van der Waals surface area (Å²) in [5, 5.41) is 2.41. The lowest BCUT2D eigenvalue weighted by Crippen LogP contribution is -2.42. The van der Waals surface area contributed by atoms with Gasteiger partial charge in [0.15, 0.2) is 5.13 Å². The fourth-order valence-corrected chi connectivity index (χ4v) is 4.13. The van der Waals surface area contributed by atoms with E-state index in [1.54, 1.807) is 0 Å². The average Bonchev–Trinajstić information content (AvgIpc) is 3.01. The molecule has 0 bridgehead atoms.